The zero-order valence-corrected chi connectivity index (χ0v) is 20.2. The molecule has 2 atom stereocenters. The molecule has 2 fully saturated rings. The van der Waals surface area contributed by atoms with Crippen LogP contribution < -0.4 is 0 Å². The fraction of sp³-hybridized carbons (Fsp3) is 0.435. The molecular formula is C23H23F3N4O2S2. The molecule has 0 bridgehead atoms. The topological polar surface area (TPSA) is 56.8 Å². The number of halogens is 3. The fourth-order valence-electron chi connectivity index (χ4n) is 4.96. The van der Waals surface area contributed by atoms with E-state index in [9.17, 15) is 22.8 Å². The molecule has 180 valence electrons. The Morgan fingerprint density at radius 1 is 1.00 bits per heavy atom. The number of piperazine rings is 1. The molecule has 0 aliphatic carbocycles. The van der Waals surface area contributed by atoms with Crippen molar-refractivity contribution in [1.82, 2.24) is 19.7 Å². The number of carbonyl (C=O) groups is 2. The lowest BCUT2D eigenvalue weighted by atomic mass is 9.98. The Bertz CT molecular complexity index is 1210. The van der Waals surface area contributed by atoms with Crippen molar-refractivity contribution >= 4 is 44.6 Å². The summed E-state index contributed by atoms with van der Waals surface area (Å²) in [5.74, 6) is -0.193. The molecule has 1 aromatic carbocycles. The van der Waals surface area contributed by atoms with Gasteiger partial charge in [0.05, 0.1) is 10.4 Å². The van der Waals surface area contributed by atoms with E-state index in [0.29, 0.717) is 46.1 Å². The second-order valence-corrected chi connectivity index (χ2v) is 10.9. The van der Waals surface area contributed by atoms with Crippen molar-refractivity contribution in [3.63, 3.8) is 0 Å². The third-order valence-corrected chi connectivity index (χ3v) is 8.37. The summed E-state index contributed by atoms with van der Waals surface area (Å²) in [4.78, 5) is 36.2. The van der Waals surface area contributed by atoms with Gasteiger partial charge in [-0.1, -0.05) is 6.07 Å². The van der Waals surface area contributed by atoms with Crippen LogP contribution in [0.4, 0.5) is 13.2 Å². The molecule has 0 saturated carbocycles. The van der Waals surface area contributed by atoms with Crippen LogP contribution in [0.25, 0.3) is 10.1 Å². The number of amides is 2. The van der Waals surface area contributed by atoms with Gasteiger partial charge in [0.25, 0.3) is 11.8 Å². The van der Waals surface area contributed by atoms with Crippen LogP contribution >= 0.6 is 22.7 Å². The molecule has 0 unspecified atom stereocenters. The van der Waals surface area contributed by atoms with Crippen molar-refractivity contribution in [2.75, 3.05) is 26.2 Å². The van der Waals surface area contributed by atoms with Crippen LogP contribution in [-0.2, 0) is 6.18 Å². The number of hydrogen-bond acceptors (Lipinski definition) is 6. The molecule has 2 aliphatic rings. The molecule has 3 aromatic rings. The smallest absolute Gasteiger partial charge is 0.335 e. The lowest BCUT2D eigenvalue weighted by molar-refractivity contribution is -0.137. The van der Waals surface area contributed by atoms with Crippen LogP contribution in [0.1, 0.15) is 38.9 Å². The molecule has 5 rings (SSSR count). The Hall–Kier alpha value is -2.50. The quantitative estimate of drug-likeness (QED) is 0.525. The van der Waals surface area contributed by atoms with Gasteiger partial charge in [-0.3, -0.25) is 14.5 Å². The maximum atomic E-state index is 13.0. The summed E-state index contributed by atoms with van der Waals surface area (Å²) in [6.07, 6.45) is -2.78. The highest BCUT2D eigenvalue weighted by Crippen LogP contribution is 2.35. The van der Waals surface area contributed by atoms with E-state index in [-0.39, 0.29) is 29.9 Å². The molecule has 0 radical (unpaired) electrons. The third-order valence-electron chi connectivity index (χ3n) is 6.52. The first-order valence-corrected chi connectivity index (χ1v) is 12.7. The van der Waals surface area contributed by atoms with Gasteiger partial charge in [0.2, 0.25) is 0 Å². The van der Waals surface area contributed by atoms with E-state index >= 15 is 0 Å². The maximum Gasteiger partial charge on any atom is 0.416 e. The summed E-state index contributed by atoms with van der Waals surface area (Å²) in [7, 11) is 0. The molecule has 6 nitrogen and oxygen atoms in total. The van der Waals surface area contributed by atoms with Crippen molar-refractivity contribution in [2.45, 2.75) is 38.1 Å². The summed E-state index contributed by atoms with van der Waals surface area (Å²) in [5, 5.41) is 2.93. The number of likely N-dealkylation sites (tertiary alicyclic amines) is 1. The molecule has 4 heterocycles. The summed E-state index contributed by atoms with van der Waals surface area (Å²) < 4.78 is 39.4. The molecule has 11 heteroatoms. The predicted octanol–water partition coefficient (Wildman–Crippen LogP) is 4.44. The summed E-state index contributed by atoms with van der Waals surface area (Å²) in [6.45, 7) is 6.51. The van der Waals surface area contributed by atoms with Gasteiger partial charge in [0.1, 0.15) is 0 Å². The number of aromatic nitrogens is 1. The van der Waals surface area contributed by atoms with E-state index in [4.69, 9.17) is 0 Å². The van der Waals surface area contributed by atoms with E-state index < -0.39 is 11.7 Å². The van der Waals surface area contributed by atoms with E-state index in [1.54, 1.807) is 22.5 Å². The van der Waals surface area contributed by atoms with Crippen molar-refractivity contribution in [3.8, 4) is 0 Å². The molecular weight excluding hydrogens is 485 g/mol. The highest BCUT2D eigenvalue weighted by atomic mass is 32.1. The Kier molecular flexibility index (Phi) is 5.89. The summed E-state index contributed by atoms with van der Waals surface area (Å²) in [5.41, 5.74) is -0.708. The highest BCUT2D eigenvalue weighted by molar-refractivity contribution is 7.20. The molecule has 0 N–H and O–H groups in total. The first-order valence-electron chi connectivity index (χ1n) is 11.0. The molecule has 0 spiro atoms. The van der Waals surface area contributed by atoms with E-state index in [2.05, 4.69) is 23.7 Å². The molecule has 2 aliphatic heterocycles. The van der Waals surface area contributed by atoms with Crippen molar-refractivity contribution < 1.29 is 22.8 Å². The third kappa shape index (κ3) is 4.20. The average molecular weight is 509 g/mol. The van der Waals surface area contributed by atoms with Gasteiger partial charge in [-0.2, -0.15) is 13.2 Å². The number of hydrogen-bond donors (Lipinski definition) is 0. The van der Waals surface area contributed by atoms with E-state index in [0.717, 1.165) is 23.5 Å². The van der Waals surface area contributed by atoms with E-state index in [1.165, 1.54) is 17.4 Å². The number of thiophene rings is 1. The Morgan fingerprint density at radius 3 is 2.29 bits per heavy atom. The number of rotatable bonds is 3. The van der Waals surface area contributed by atoms with Gasteiger partial charge in [0.15, 0.2) is 5.01 Å². The van der Waals surface area contributed by atoms with Crippen LogP contribution in [0.3, 0.4) is 0 Å². The molecule has 2 amide bonds. The Labute approximate surface area is 202 Å². The summed E-state index contributed by atoms with van der Waals surface area (Å²) in [6, 6.07) is 5.71. The first kappa shape index (κ1) is 23.3. The normalized spacial score (nSPS) is 22.3. The number of fused-ring (bicyclic) bond motifs is 1. The van der Waals surface area contributed by atoms with Crippen molar-refractivity contribution in [2.24, 2.45) is 0 Å². The van der Waals surface area contributed by atoms with Crippen LogP contribution in [-0.4, -0.2) is 75.8 Å². The van der Waals surface area contributed by atoms with Gasteiger partial charge in [-0.05, 0) is 37.4 Å². The standard InChI is InChI=1S/C23H23F3N4O2S2/c1-13-9-28(22(32)20-27-5-6-33-20)10-14(2)30(13)17-11-29(12-17)21(31)19-7-15-3-4-16(23(24,25)26)8-18(15)34-19/h3-8,13-14,17H,9-12H2,1-2H3/t13-,14+. The van der Waals surface area contributed by atoms with Gasteiger partial charge >= 0.3 is 6.18 Å². The van der Waals surface area contributed by atoms with Crippen LogP contribution in [0.5, 0.6) is 0 Å². The van der Waals surface area contributed by atoms with Gasteiger partial charge in [0, 0.05) is 60.6 Å². The molecule has 2 saturated heterocycles. The first-order chi connectivity index (χ1) is 16.1. The minimum Gasteiger partial charge on any atom is -0.335 e. The van der Waals surface area contributed by atoms with E-state index in [1.807, 2.05) is 4.90 Å². The van der Waals surface area contributed by atoms with Crippen molar-refractivity contribution in [1.29, 1.82) is 0 Å². The van der Waals surface area contributed by atoms with Gasteiger partial charge < -0.3 is 9.80 Å². The minimum atomic E-state index is -4.41. The lowest BCUT2D eigenvalue weighted by Crippen LogP contribution is -2.69. The number of nitrogens with zero attached hydrogens (tertiary/aromatic N) is 4. The number of thiazole rings is 1. The zero-order valence-electron chi connectivity index (χ0n) is 18.6. The number of benzene rings is 1. The SMILES string of the molecule is C[C@@H]1CN(C(=O)c2nccs2)C[C@H](C)N1C1CN(C(=O)c2cc3ccc(C(F)(F)F)cc3s2)C1. The highest BCUT2D eigenvalue weighted by Gasteiger charge is 2.43. The molecule has 2 aromatic heterocycles. The second kappa shape index (κ2) is 8.62. The monoisotopic (exact) mass is 508 g/mol. The number of alkyl halides is 3. The lowest BCUT2D eigenvalue weighted by Gasteiger charge is -2.53. The van der Waals surface area contributed by atoms with Gasteiger partial charge in [-0.25, -0.2) is 4.98 Å². The predicted molar refractivity (Wildman–Crippen MR) is 125 cm³/mol. The largest absolute Gasteiger partial charge is 0.416 e. The van der Waals surface area contributed by atoms with Crippen molar-refractivity contribution in [3.05, 3.63) is 51.3 Å². The Balaban J connectivity index is 1.22. The minimum absolute atomic E-state index is 0.0443. The Morgan fingerprint density at radius 2 is 1.68 bits per heavy atom. The second-order valence-electron chi connectivity index (χ2n) is 8.92. The van der Waals surface area contributed by atoms with Gasteiger partial charge in [-0.15, -0.1) is 22.7 Å². The maximum absolute atomic E-state index is 13.0. The zero-order chi connectivity index (χ0) is 24.2. The number of carbonyl (C=O) groups excluding carboxylic acids is 2. The molecule has 34 heavy (non-hydrogen) atoms. The summed E-state index contributed by atoms with van der Waals surface area (Å²) >= 11 is 2.44. The van der Waals surface area contributed by atoms with Crippen LogP contribution in [0.2, 0.25) is 0 Å². The fourth-order valence-corrected chi connectivity index (χ4v) is 6.64. The van der Waals surface area contributed by atoms with Crippen LogP contribution in [0, 0.1) is 0 Å². The average Bonchev–Trinajstić information content (AvgIpc) is 3.42. The van der Waals surface area contributed by atoms with Crippen LogP contribution in [0.15, 0.2) is 35.8 Å².